The summed E-state index contributed by atoms with van der Waals surface area (Å²) in [6.45, 7) is -0.0487. The number of para-hydroxylation sites is 1. The molecule has 0 radical (unpaired) electrons. The second-order valence-corrected chi connectivity index (χ2v) is 4.87. The van der Waals surface area contributed by atoms with E-state index in [2.05, 4.69) is 0 Å². The van der Waals surface area contributed by atoms with Crippen LogP contribution in [-0.2, 0) is 11.3 Å². The largest absolute Gasteiger partial charge is 0.493 e. The number of rotatable bonds is 5. The molecule has 0 aliphatic heterocycles. The van der Waals surface area contributed by atoms with Crippen LogP contribution in [-0.4, -0.2) is 31.5 Å². The number of hydrogen-bond donors (Lipinski definition) is 1. The average Bonchev–Trinajstić information content (AvgIpc) is 2.47. The van der Waals surface area contributed by atoms with Crippen molar-refractivity contribution in [2.24, 2.45) is 0 Å². The van der Waals surface area contributed by atoms with Gasteiger partial charge in [0.1, 0.15) is 6.10 Å². The SMILES string of the molecule is COc1cccc(CO)c1OC1CCCC(OC)C1. The molecule has 0 bridgehead atoms. The first-order valence-electron chi connectivity index (χ1n) is 6.74. The summed E-state index contributed by atoms with van der Waals surface area (Å²) in [7, 11) is 3.36. The van der Waals surface area contributed by atoms with Gasteiger partial charge in [0.25, 0.3) is 0 Å². The van der Waals surface area contributed by atoms with E-state index in [1.165, 1.54) is 0 Å². The molecule has 1 aliphatic carbocycles. The van der Waals surface area contributed by atoms with Gasteiger partial charge in [-0.2, -0.15) is 0 Å². The molecule has 0 amide bonds. The number of ether oxygens (including phenoxy) is 3. The molecule has 4 heteroatoms. The maximum atomic E-state index is 9.41. The van der Waals surface area contributed by atoms with E-state index in [0.29, 0.717) is 11.5 Å². The molecule has 0 heterocycles. The van der Waals surface area contributed by atoms with E-state index in [1.807, 2.05) is 18.2 Å². The second kappa shape index (κ2) is 6.78. The molecule has 0 spiro atoms. The Balaban J connectivity index is 2.13. The van der Waals surface area contributed by atoms with E-state index >= 15 is 0 Å². The fourth-order valence-corrected chi connectivity index (χ4v) is 2.57. The van der Waals surface area contributed by atoms with Gasteiger partial charge in [0, 0.05) is 19.1 Å². The first-order chi connectivity index (χ1) is 9.28. The second-order valence-electron chi connectivity index (χ2n) is 4.87. The summed E-state index contributed by atoms with van der Waals surface area (Å²) >= 11 is 0. The third-order valence-corrected chi connectivity index (χ3v) is 3.65. The summed E-state index contributed by atoms with van der Waals surface area (Å²) in [5.74, 6) is 1.33. The van der Waals surface area contributed by atoms with Crippen LogP contribution in [0.4, 0.5) is 0 Å². The minimum Gasteiger partial charge on any atom is -0.493 e. The van der Waals surface area contributed by atoms with Gasteiger partial charge in [-0.15, -0.1) is 0 Å². The van der Waals surface area contributed by atoms with Gasteiger partial charge >= 0.3 is 0 Å². The zero-order valence-corrected chi connectivity index (χ0v) is 11.6. The summed E-state index contributed by atoms with van der Waals surface area (Å²) in [6, 6.07) is 5.57. The van der Waals surface area contributed by atoms with Crippen LogP contribution in [0.2, 0.25) is 0 Å². The van der Waals surface area contributed by atoms with Crippen LogP contribution in [0.5, 0.6) is 11.5 Å². The van der Waals surface area contributed by atoms with Gasteiger partial charge in [-0.05, 0) is 25.3 Å². The highest BCUT2D eigenvalue weighted by atomic mass is 16.5. The van der Waals surface area contributed by atoms with Gasteiger partial charge in [0.2, 0.25) is 0 Å². The molecule has 2 unspecified atom stereocenters. The van der Waals surface area contributed by atoms with Gasteiger partial charge in [0.15, 0.2) is 11.5 Å². The Labute approximate surface area is 114 Å². The van der Waals surface area contributed by atoms with Gasteiger partial charge in [0.05, 0.1) is 19.8 Å². The molecule has 1 fully saturated rings. The Bertz CT molecular complexity index is 383. The quantitative estimate of drug-likeness (QED) is 0.889. The minimum atomic E-state index is -0.0487. The number of hydrogen-bond acceptors (Lipinski definition) is 4. The first-order valence-corrected chi connectivity index (χ1v) is 6.74. The minimum absolute atomic E-state index is 0.0487. The van der Waals surface area contributed by atoms with Crippen LogP contribution < -0.4 is 9.47 Å². The number of aliphatic hydroxyl groups is 1. The third-order valence-electron chi connectivity index (χ3n) is 3.65. The van der Waals surface area contributed by atoms with Crippen molar-refractivity contribution in [2.75, 3.05) is 14.2 Å². The lowest BCUT2D eigenvalue weighted by Crippen LogP contribution is -2.29. The van der Waals surface area contributed by atoms with Gasteiger partial charge in [-0.1, -0.05) is 12.1 Å². The highest BCUT2D eigenvalue weighted by Crippen LogP contribution is 2.34. The molecular weight excluding hydrogens is 244 g/mol. The molecular formula is C15H22O4. The maximum Gasteiger partial charge on any atom is 0.167 e. The van der Waals surface area contributed by atoms with E-state index < -0.39 is 0 Å². The predicted octanol–water partition coefficient (Wildman–Crippen LogP) is 2.52. The zero-order chi connectivity index (χ0) is 13.7. The summed E-state index contributed by atoms with van der Waals surface area (Å²) in [5.41, 5.74) is 0.763. The Morgan fingerprint density at radius 3 is 2.68 bits per heavy atom. The van der Waals surface area contributed by atoms with Crippen molar-refractivity contribution in [1.82, 2.24) is 0 Å². The van der Waals surface area contributed by atoms with E-state index in [4.69, 9.17) is 14.2 Å². The van der Waals surface area contributed by atoms with Crippen LogP contribution in [0.1, 0.15) is 31.2 Å². The molecule has 1 aromatic carbocycles. The molecule has 0 saturated heterocycles. The average molecular weight is 266 g/mol. The van der Waals surface area contributed by atoms with Crippen LogP contribution in [0.3, 0.4) is 0 Å². The molecule has 1 saturated carbocycles. The molecule has 1 aliphatic rings. The van der Waals surface area contributed by atoms with Crippen molar-refractivity contribution < 1.29 is 19.3 Å². The van der Waals surface area contributed by atoms with Crippen molar-refractivity contribution in [1.29, 1.82) is 0 Å². The standard InChI is InChI=1S/C15H22O4/c1-17-12-6-4-7-13(9-12)19-15-11(10-16)5-3-8-14(15)18-2/h3,5,8,12-13,16H,4,6-7,9-10H2,1-2H3. The Morgan fingerprint density at radius 2 is 2.00 bits per heavy atom. The van der Waals surface area contributed by atoms with Gasteiger partial charge in [-0.3, -0.25) is 0 Å². The normalized spacial score (nSPS) is 23.1. The van der Waals surface area contributed by atoms with Gasteiger partial charge in [-0.25, -0.2) is 0 Å². The van der Waals surface area contributed by atoms with Crippen molar-refractivity contribution >= 4 is 0 Å². The van der Waals surface area contributed by atoms with Crippen molar-refractivity contribution in [3.63, 3.8) is 0 Å². The lowest BCUT2D eigenvalue weighted by molar-refractivity contribution is 0.0195. The molecule has 2 atom stereocenters. The molecule has 0 aromatic heterocycles. The molecule has 1 aromatic rings. The number of benzene rings is 1. The fourth-order valence-electron chi connectivity index (χ4n) is 2.57. The Kier molecular flexibility index (Phi) is 5.05. The Hall–Kier alpha value is -1.26. The molecule has 106 valence electrons. The summed E-state index contributed by atoms with van der Waals surface area (Å²) in [6.07, 6.45) is 4.50. The smallest absolute Gasteiger partial charge is 0.167 e. The summed E-state index contributed by atoms with van der Waals surface area (Å²) in [4.78, 5) is 0. The maximum absolute atomic E-state index is 9.41. The number of aliphatic hydroxyl groups excluding tert-OH is 1. The lowest BCUT2D eigenvalue weighted by Gasteiger charge is -2.29. The Morgan fingerprint density at radius 1 is 1.21 bits per heavy atom. The van der Waals surface area contributed by atoms with Crippen LogP contribution in [0.25, 0.3) is 0 Å². The van der Waals surface area contributed by atoms with Crippen molar-refractivity contribution in [3.8, 4) is 11.5 Å². The first kappa shape index (κ1) is 14.2. The third kappa shape index (κ3) is 3.39. The molecule has 19 heavy (non-hydrogen) atoms. The number of methoxy groups -OCH3 is 2. The van der Waals surface area contributed by atoms with E-state index in [-0.39, 0.29) is 18.8 Å². The summed E-state index contributed by atoms with van der Waals surface area (Å²) < 4.78 is 16.8. The highest BCUT2D eigenvalue weighted by molar-refractivity contribution is 5.46. The van der Waals surface area contributed by atoms with E-state index in [9.17, 15) is 5.11 Å². The fraction of sp³-hybridized carbons (Fsp3) is 0.600. The topological polar surface area (TPSA) is 47.9 Å². The van der Waals surface area contributed by atoms with E-state index in [0.717, 1.165) is 31.2 Å². The van der Waals surface area contributed by atoms with E-state index in [1.54, 1.807) is 14.2 Å². The van der Waals surface area contributed by atoms with Crippen molar-refractivity contribution in [3.05, 3.63) is 23.8 Å². The van der Waals surface area contributed by atoms with Crippen LogP contribution in [0.15, 0.2) is 18.2 Å². The molecule has 1 N–H and O–H groups in total. The summed E-state index contributed by atoms with van der Waals surface area (Å²) in [5, 5.41) is 9.41. The molecule has 2 rings (SSSR count). The molecule has 4 nitrogen and oxygen atoms in total. The lowest BCUT2D eigenvalue weighted by atomic mass is 9.95. The van der Waals surface area contributed by atoms with Crippen molar-refractivity contribution in [2.45, 2.75) is 44.5 Å². The predicted molar refractivity (Wildman–Crippen MR) is 72.6 cm³/mol. The monoisotopic (exact) mass is 266 g/mol. The van der Waals surface area contributed by atoms with Gasteiger partial charge < -0.3 is 19.3 Å². The zero-order valence-electron chi connectivity index (χ0n) is 11.6. The highest BCUT2D eigenvalue weighted by Gasteiger charge is 2.24. The van der Waals surface area contributed by atoms with Crippen LogP contribution >= 0.6 is 0 Å². The van der Waals surface area contributed by atoms with Crippen LogP contribution in [0, 0.1) is 0 Å².